The highest BCUT2D eigenvalue weighted by molar-refractivity contribution is 5.01. The number of aromatic nitrogens is 2. The molecule has 0 bridgehead atoms. The minimum absolute atomic E-state index is 0.352. The van der Waals surface area contributed by atoms with E-state index in [4.69, 9.17) is 4.74 Å². The molecule has 1 atom stereocenters. The summed E-state index contributed by atoms with van der Waals surface area (Å²) in [7, 11) is 1.70. The molecule has 0 spiro atoms. The van der Waals surface area contributed by atoms with E-state index in [2.05, 4.69) is 22.2 Å². The van der Waals surface area contributed by atoms with Crippen LogP contribution in [0, 0.1) is 0 Å². The Morgan fingerprint density at radius 3 is 2.77 bits per heavy atom. The van der Waals surface area contributed by atoms with E-state index in [9.17, 15) is 0 Å². The van der Waals surface area contributed by atoms with Crippen molar-refractivity contribution in [3.05, 3.63) is 24.3 Å². The number of nitrogens with zero attached hydrogens (tertiary/aromatic N) is 2. The van der Waals surface area contributed by atoms with E-state index < -0.39 is 0 Å². The molecule has 0 amide bonds. The van der Waals surface area contributed by atoms with Gasteiger partial charge in [-0.1, -0.05) is 0 Å². The van der Waals surface area contributed by atoms with E-state index in [0.29, 0.717) is 12.6 Å². The Hall–Kier alpha value is -1.00. The molecule has 0 aliphatic heterocycles. The van der Waals surface area contributed by atoms with Gasteiger partial charge >= 0.3 is 0 Å². The normalized spacial score (nSPS) is 12.8. The lowest BCUT2D eigenvalue weighted by molar-refractivity contribution is 0.171. The van der Waals surface area contributed by atoms with Gasteiger partial charge in [-0.25, -0.2) is 9.97 Å². The van der Waals surface area contributed by atoms with Gasteiger partial charge in [-0.3, -0.25) is 0 Å². The van der Waals surface area contributed by atoms with Crippen LogP contribution in [0.3, 0.4) is 0 Å². The maximum absolute atomic E-state index is 5.00. The van der Waals surface area contributed by atoms with E-state index in [1.54, 1.807) is 19.5 Å². The Morgan fingerprint density at radius 1 is 1.46 bits per heavy atom. The smallest absolute Gasteiger partial charge is 0.115 e. The molecule has 72 valence electrons. The monoisotopic (exact) mass is 181 g/mol. The van der Waals surface area contributed by atoms with Crippen LogP contribution < -0.4 is 5.32 Å². The highest BCUT2D eigenvalue weighted by Gasteiger charge is 1.99. The molecule has 0 aliphatic rings. The summed E-state index contributed by atoms with van der Waals surface area (Å²) in [6, 6.07) is 0.352. The van der Waals surface area contributed by atoms with Gasteiger partial charge in [0, 0.05) is 37.7 Å². The summed E-state index contributed by atoms with van der Waals surface area (Å²) in [5, 5.41) is 3.29. The average Bonchev–Trinajstić information content (AvgIpc) is 2.17. The Kier molecular flexibility index (Phi) is 4.35. The van der Waals surface area contributed by atoms with Crippen molar-refractivity contribution < 1.29 is 4.74 Å². The number of hydrogen-bond acceptors (Lipinski definition) is 4. The van der Waals surface area contributed by atoms with Crippen LogP contribution in [0.15, 0.2) is 18.7 Å². The van der Waals surface area contributed by atoms with Gasteiger partial charge in [0.05, 0.1) is 6.61 Å². The molecule has 0 unspecified atom stereocenters. The van der Waals surface area contributed by atoms with Gasteiger partial charge in [0.1, 0.15) is 6.33 Å². The van der Waals surface area contributed by atoms with E-state index in [1.807, 2.05) is 0 Å². The molecule has 0 aliphatic carbocycles. The van der Waals surface area contributed by atoms with Crippen molar-refractivity contribution in [2.24, 2.45) is 0 Å². The van der Waals surface area contributed by atoms with Crippen LogP contribution >= 0.6 is 0 Å². The predicted octanol–water partition coefficient (Wildman–Crippen LogP) is 0.601. The van der Waals surface area contributed by atoms with Crippen molar-refractivity contribution in [3.8, 4) is 0 Å². The number of ether oxygens (including phenoxy) is 1. The molecule has 0 aromatic carbocycles. The highest BCUT2D eigenvalue weighted by Crippen LogP contribution is 1.93. The first-order chi connectivity index (χ1) is 6.33. The van der Waals surface area contributed by atoms with Gasteiger partial charge in [0.15, 0.2) is 0 Å². The molecule has 0 radical (unpaired) electrons. The first-order valence-electron chi connectivity index (χ1n) is 4.29. The molecular formula is C9H15N3O. The Balaban J connectivity index is 2.27. The molecule has 0 saturated heterocycles. The molecule has 0 fully saturated rings. The topological polar surface area (TPSA) is 47.0 Å². The van der Waals surface area contributed by atoms with E-state index in [0.717, 1.165) is 12.1 Å². The summed E-state index contributed by atoms with van der Waals surface area (Å²) in [5.41, 5.74) is 1.09. The van der Waals surface area contributed by atoms with Crippen LogP contribution in [0.5, 0.6) is 0 Å². The lowest BCUT2D eigenvalue weighted by Gasteiger charge is -2.11. The standard InChI is InChI=1S/C9H15N3O/c1-8(6-13-2)12-5-9-3-10-7-11-4-9/h3-4,7-8,12H,5-6H2,1-2H3/t8-/m1/s1. The molecule has 1 rings (SSSR count). The first-order valence-corrected chi connectivity index (χ1v) is 4.29. The van der Waals surface area contributed by atoms with Gasteiger partial charge in [0.25, 0.3) is 0 Å². The van der Waals surface area contributed by atoms with Gasteiger partial charge in [-0.2, -0.15) is 0 Å². The number of hydrogen-bond donors (Lipinski definition) is 1. The zero-order chi connectivity index (χ0) is 9.52. The zero-order valence-electron chi connectivity index (χ0n) is 8.03. The van der Waals surface area contributed by atoms with Gasteiger partial charge in [-0.15, -0.1) is 0 Å². The summed E-state index contributed by atoms with van der Waals surface area (Å²) in [6.45, 7) is 3.58. The minimum atomic E-state index is 0.352. The molecule has 1 heterocycles. The first kappa shape index (κ1) is 10.1. The van der Waals surface area contributed by atoms with E-state index >= 15 is 0 Å². The quantitative estimate of drug-likeness (QED) is 0.722. The summed E-state index contributed by atoms with van der Waals surface area (Å²) >= 11 is 0. The van der Waals surface area contributed by atoms with Gasteiger partial charge < -0.3 is 10.1 Å². The van der Waals surface area contributed by atoms with Crippen molar-refractivity contribution in [2.45, 2.75) is 19.5 Å². The average molecular weight is 181 g/mol. The second-order valence-corrected chi connectivity index (χ2v) is 2.98. The van der Waals surface area contributed by atoms with E-state index in [1.165, 1.54) is 6.33 Å². The lowest BCUT2D eigenvalue weighted by atomic mass is 10.3. The zero-order valence-corrected chi connectivity index (χ0v) is 8.03. The van der Waals surface area contributed by atoms with Crippen molar-refractivity contribution in [1.29, 1.82) is 0 Å². The summed E-state index contributed by atoms with van der Waals surface area (Å²) in [6.07, 6.45) is 5.14. The minimum Gasteiger partial charge on any atom is -0.383 e. The van der Waals surface area contributed by atoms with Gasteiger partial charge in [0.2, 0.25) is 0 Å². The third kappa shape index (κ3) is 3.96. The molecule has 4 nitrogen and oxygen atoms in total. The molecule has 1 aromatic heterocycles. The Morgan fingerprint density at radius 2 is 2.15 bits per heavy atom. The van der Waals surface area contributed by atoms with Crippen LogP contribution in [-0.4, -0.2) is 29.7 Å². The summed E-state index contributed by atoms with van der Waals surface area (Å²) < 4.78 is 5.00. The molecule has 1 N–H and O–H groups in total. The maximum atomic E-state index is 5.00. The van der Waals surface area contributed by atoms with Crippen molar-refractivity contribution in [3.63, 3.8) is 0 Å². The summed E-state index contributed by atoms with van der Waals surface area (Å²) in [4.78, 5) is 7.85. The highest BCUT2D eigenvalue weighted by atomic mass is 16.5. The van der Waals surface area contributed by atoms with Crippen molar-refractivity contribution >= 4 is 0 Å². The van der Waals surface area contributed by atoms with Crippen LogP contribution in [-0.2, 0) is 11.3 Å². The van der Waals surface area contributed by atoms with Crippen LogP contribution in [0.4, 0.5) is 0 Å². The van der Waals surface area contributed by atoms with Crippen LogP contribution in [0.2, 0.25) is 0 Å². The largest absolute Gasteiger partial charge is 0.383 e. The molecular weight excluding hydrogens is 166 g/mol. The second kappa shape index (κ2) is 5.61. The van der Waals surface area contributed by atoms with Crippen molar-refractivity contribution in [2.75, 3.05) is 13.7 Å². The third-order valence-corrected chi connectivity index (χ3v) is 1.69. The fraction of sp³-hybridized carbons (Fsp3) is 0.556. The maximum Gasteiger partial charge on any atom is 0.115 e. The van der Waals surface area contributed by atoms with Crippen LogP contribution in [0.1, 0.15) is 12.5 Å². The molecule has 1 aromatic rings. The lowest BCUT2D eigenvalue weighted by Crippen LogP contribution is -2.29. The van der Waals surface area contributed by atoms with E-state index in [-0.39, 0.29) is 0 Å². The third-order valence-electron chi connectivity index (χ3n) is 1.69. The molecule has 0 saturated carbocycles. The van der Waals surface area contributed by atoms with Gasteiger partial charge in [-0.05, 0) is 6.92 Å². The number of rotatable bonds is 5. The summed E-state index contributed by atoms with van der Waals surface area (Å²) in [5.74, 6) is 0. The number of methoxy groups -OCH3 is 1. The predicted molar refractivity (Wildman–Crippen MR) is 50.2 cm³/mol. The molecule has 4 heteroatoms. The fourth-order valence-electron chi connectivity index (χ4n) is 1.02. The Labute approximate surface area is 78.4 Å². The van der Waals surface area contributed by atoms with Crippen molar-refractivity contribution in [1.82, 2.24) is 15.3 Å². The molecule has 13 heavy (non-hydrogen) atoms. The Bertz CT molecular complexity index is 228. The SMILES string of the molecule is COC[C@@H](C)NCc1cncnc1. The number of nitrogens with one attached hydrogen (secondary N) is 1. The van der Waals surface area contributed by atoms with Crippen LogP contribution in [0.25, 0.3) is 0 Å². The second-order valence-electron chi connectivity index (χ2n) is 2.98. The fourth-order valence-corrected chi connectivity index (χ4v) is 1.02.